The zero-order valence-electron chi connectivity index (χ0n) is 13.4. The van der Waals surface area contributed by atoms with E-state index in [0.29, 0.717) is 16.3 Å². The lowest BCUT2D eigenvalue weighted by atomic mass is 10.1. The number of phenolic OH excluding ortho intramolecular Hbond substituents is 2. The number of benzene rings is 1. The van der Waals surface area contributed by atoms with Crippen molar-refractivity contribution in [2.24, 2.45) is 0 Å². The van der Waals surface area contributed by atoms with Gasteiger partial charge in [-0.1, -0.05) is 16.8 Å². The van der Waals surface area contributed by atoms with E-state index >= 15 is 0 Å². The number of hydrogen-bond donors (Lipinski definition) is 3. The first kappa shape index (κ1) is 17.4. The first-order chi connectivity index (χ1) is 12.2. The summed E-state index contributed by atoms with van der Waals surface area (Å²) in [5.74, 6) is -1.86. The molecule has 2 heterocycles. The van der Waals surface area contributed by atoms with Crippen LogP contribution in [-0.2, 0) is 0 Å². The second kappa shape index (κ2) is 6.15. The van der Waals surface area contributed by atoms with Crippen molar-refractivity contribution in [3.8, 4) is 34.3 Å². The zero-order chi connectivity index (χ0) is 19.2. The number of phenols is 2. The highest BCUT2D eigenvalue weighted by Crippen LogP contribution is 2.39. The standard InChI is InChI=1S/C15H11ClN4O6/c1-5-10(14(23)17-6(2)11(5)16)13-18-15(26-19-13)7-3-8(20(24)25)12(22)9(21)4-7/h3-4,21-22H,1-2H3,(H,17,23). The van der Waals surface area contributed by atoms with Crippen LogP contribution in [0.5, 0.6) is 11.5 Å². The molecular formula is C15H11ClN4O6. The van der Waals surface area contributed by atoms with Gasteiger partial charge in [-0.3, -0.25) is 14.9 Å². The number of halogens is 1. The summed E-state index contributed by atoms with van der Waals surface area (Å²) in [6.07, 6.45) is 0. The van der Waals surface area contributed by atoms with E-state index in [-0.39, 0.29) is 22.8 Å². The number of aromatic hydroxyl groups is 2. The molecule has 0 aliphatic rings. The molecule has 0 unspecified atom stereocenters. The lowest BCUT2D eigenvalue weighted by Crippen LogP contribution is -2.13. The minimum absolute atomic E-state index is 0.00181. The molecule has 11 heteroatoms. The molecule has 0 radical (unpaired) electrons. The van der Waals surface area contributed by atoms with Gasteiger partial charge in [0.05, 0.1) is 21.1 Å². The van der Waals surface area contributed by atoms with Crippen LogP contribution in [0.3, 0.4) is 0 Å². The van der Waals surface area contributed by atoms with Crippen molar-refractivity contribution in [1.82, 2.24) is 15.1 Å². The minimum Gasteiger partial charge on any atom is -0.504 e. The maximum atomic E-state index is 12.2. The third kappa shape index (κ3) is 2.75. The first-order valence-corrected chi connectivity index (χ1v) is 7.52. The van der Waals surface area contributed by atoms with Crippen LogP contribution in [-0.4, -0.2) is 30.3 Å². The van der Waals surface area contributed by atoms with Gasteiger partial charge < -0.3 is 19.7 Å². The quantitative estimate of drug-likeness (QED) is 0.356. The summed E-state index contributed by atoms with van der Waals surface area (Å²) in [7, 11) is 0. The minimum atomic E-state index is -0.879. The molecule has 0 saturated heterocycles. The Morgan fingerprint density at radius 1 is 1.31 bits per heavy atom. The third-order valence-corrected chi connectivity index (χ3v) is 4.29. The van der Waals surface area contributed by atoms with Crippen LogP contribution in [0.4, 0.5) is 5.69 Å². The molecule has 0 amide bonds. The van der Waals surface area contributed by atoms with Crippen LogP contribution in [0.2, 0.25) is 5.02 Å². The van der Waals surface area contributed by atoms with Crippen LogP contribution >= 0.6 is 11.6 Å². The average molecular weight is 379 g/mol. The van der Waals surface area contributed by atoms with E-state index in [1.54, 1.807) is 13.8 Å². The number of aryl methyl sites for hydroxylation is 1. The van der Waals surface area contributed by atoms with Crippen molar-refractivity contribution < 1.29 is 19.7 Å². The predicted molar refractivity (Wildman–Crippen MR) is 90.3 cm³/mol. The van der Waals surface area contributed by atoms with Crippen molar-refractivity contribution in [2.45, 2.75) is 13.8 Å². The van der Waals surface area contributed by atoms with E-state index in [1.807, 2.05) is 0 Å². The van der Waals surface area contributed by atoms with Crippen molar-refractivity contribution in [3.63, 3.8) is 0 Å². The predicted octanol–water partition coefficient (Wildman–Crippen LogP) is 2.68. The van der Waals surface area contributed by atoms with E-state index in [1.165, 1.54) is 0 Å². The Labute approximate surface area is 149 Å². The number of aromatic amines is 1. The Morgan fingerprint density at radius 3 is 2.65 bits per heavy atom. The molecule has 2 aromatic heterocycles. The van der Waals surface area contributed by atoms with Gasteiger partial charge in [-0.15, -0.1) is 0 Å². The van der Waals surface area contributed by atoms with Gasteiger partial charge in [0.15, 0.2) is 5.75 Å². The molecule has 0 fully saturated rings. The highest BCUT2D eigenvalue weighted by molar-refractivity contribution is 6.32. The van der Waals surface area contributed by atoms with Gasteiger partial charge in [-0.2, -0.15) is 4.98 Å². The van der Waals surface area contributed by atoms with Crippen LogP contribution in [0.15, 0.2) is 21.5 Å². The smallest absolute Gasteiger partial charge is 0.315 e. The van der Waals surface area contributed by atoms with Gasteiger partial charge >= 0.3 is 5.69 Å². The topological polar surface area (TPSA) is 155 Å². The molecule has 134 valence electrons. The Kier molecular flexibility index (Phi) is 4.12. The molecule has 0 spiro atoms. The highest BCUT2D eigenvalue weighted by Gasteiger charge is 2.23. The van der Waals surface area contributed by atoms with Gasteiger partial charge in [0.25, 0.3) is 11.4 Å². The largest absolute Gasteiger partial charge is 0.504 e. The fraction of sp³-hybridized carbons (Fsp3) is 0.133. The molecule has 10 nitrogen and oxygen atoms in total. The van der Waals surface area contributed by atoms with E-state index < -0.39 is 27.7 Å². The lowest BCUT2D eigenvalue weighted by molar-refractivity contribution is -0.385. The molecule has 0 aliphatic carbocycles. The van der Waals surface area contributed by atoms with Gasteiger partial charge in [0.2, 0.25) is 11.6 Å². The lowest BCUT2D eigenvalue weighted by Gasteiger charge is -2.05. The normalized spacial score (nSPS) is 10.9. The number of nitro benzene ring substituents is 1. The molecule has 3 aromatic rings. The van der Waals surface area contributed by atoms with Crippen molar-refractivity contribution in [3.05, 3.63) is 48.9 Å². The van der Waals surface area contributed by atoms with Crippen LogP contribution < -0.4 is 5.56 Å². The van der Waals surface area contributed by atoms with E-state index in [4.69, 9.17) is 16.1 Å². The summed E-state index contributed by atoms with van der Waals surface area (Å²) in [5.41, 5.74) is -0.185. The molecule has 3 rings (SSSR count). The Bertz CT molecular complexity index is 1100. The summed E-state index contributed by atoms with van der Waals surface area (Å²) in [6.45, 7) is 3.26. The summed E-state index contributed by atoms with van der Waals surface area (Å²) in [6, 6.07) is 1.99. The molecule has 1 aromatic carbocycles. The van der Waals surface area contributed by atoms with Crippen LogP contribution in [0.1, 0.15) is 11.3 Å². The van der Waals surface area contributed by atoms with Gasteiger partial charge in [-0.05, 0) is 25.5 Å². The molecule has 0 saturated carbocycles. The molecule has 0 aliphatic heterocycles. The number of pyridine rings is 1. The SMILES string of the molecule is Cc1[nH]c(=O)c(-c2noc(-c3cc(O)c(O)c([N+](=O)[O-])c3)n2)c(C)c1Cl. The van der Waals surface area contributed by atoms with E-state index in [0.717, 1.165) is 12.1 Å². The number of H-pyrrole nitrogens is 1. The van der Waals surface area contributed by atoms with Crippen molar-refractivity contribution in [2.75, 3.05) is 0 Å². The van der Waals surface area contributed by atoms with Crippen molar-refractivity contribution in [1.29, 1.82) is 0 Å². The van der Waals surface area contributed by atoms with Gasteiger partial charge in [-0.25, -0.2) is 0 Å². The van der Waals surface area contributed by atoms with Gasteiger partial charge in [0, 0.05) is 11.8 Å². The number of rotatable bonds is 3. The molecule has 3 N–H and O–H groups in total. The fourth-order valence-corrected chi connectivity index (χ4v) is 2.57. The number of nitrogens with zero attached hydrogens (tertiary/aromatic N) is 3. The maximum Gasteiger partial charge on any atom is 0.315 e. The molecule has 0 bridgehead atoms. The summed E-state index contributed by atoms with van der Waals surface area (Å²) >= 11 is 6.13. The van der Waals surface area contributed by atoms with E-state index in [2.05, 4.69) is 15.1 Å². The Balaban J connectivity index is 2.15. The van der Waals surface area contributed by atoms with Gasteiger partial charge in [0.1, 0.15) is 0 Å². The maximum absolute atomic E-state index is 12.2. The number of aromatic nitrogens is 3. The van der Waals surface area contributed by atoms with E-state index in [9.17, 15) is 25.1 Å². The summed E-state index contributed by atoms with van der Waals surface area (Å²) in [4.78, 5) is 28.9. The average Bonchev–Trinajstić information content (AvgIpc) is 3.04. The zero-order valence-corrected chi connectivity index (χ0v) is 14.2. The monoisotopic (exact) mass is 378 g/mol. The molecule has 26 heavy (non-hydrogen) atoms. The second-order valence-corrected chi connectivity index (χ2v) is 5.81. The summed E-state index contributed by atoms with van der Waals surface area (Å²) in [5, 5.41) is 34.2. The fourth-order valence-electron chi connectivity index (χ4n) is 2.43. The molecule has 0 atom stereocenters. The number of nitrogens with one attached hydrogen (secondary N) is 1. The van der Waals surface area contributed by atoms with Crippen LogP contribution in [0, 0.1) is 24.0 Å². The number of hydrogen-bond acceptors (Lipinski definition) is 8. The number of nitro groups is 1. The first-order valence-electron chi connectivity index (χ1n) is 7.14. The highest BCUT2D eigenvalue weighted by atomic mass is 35.5. The Hall–Kier alpha value is -3.40. The van der Waals surface area contributed by atoms with Crippen LogP contribution in [0.25, 0.3) is 22.8 Å². The Morgan fingerprint density at radius 2 is 2.00 bits per heavy atom. The third-order valence-electron chi connectivity index (χ3n) is 3.72. The molecular weight excluding hydrogens is 368 g/mol. The summed E-state index contributed by atoms with van der Waals surface area (Å²) < 4.78 is 5.04. The van der Waals surface area contributed by atoms with Crippen molar-refractivity contribution >= 4 is 17.3 Å². The second-order valence-electron chi connectivity index (χ2n) is 5.44.